The van der Waals surface area contributed by atoms with E-state index < -0.39 is 20.2 Å². The van der Waals surface area contributed by atoms with Crippen LogP contribution in [0.15, 0.2) is 115 Å². The van der Waals surface area contributed by atoms with Gasteiger partial charge in [-0.15, -0.1) is 0 Å². The molecule has 0 saturated heterocycles. The number of benzene rings is 4. The minimum absolute atomic E-state index is 0.271. The Kier molecular flexibility index (Phi) is 5.96. The fraction of sp³-hybridized carbons (Fsp3) is 0.0690. The van der Waals surface area contributed by atoms with Crippen molar-refractivity contribution in [1.29, 1.82) is 0 Å². The molecule has 0 aliphatic rings. The third kappa shape index (κ3) is 4.11. The first kappa shape index (κ1) is 22.0. The van der Waals surface area contributed by atoms with Crippen LogP contribution in [0.4, 0.5) is 4.39 Å². The van der Waals surface area contributed by atoms with E-state index in [1.807, 2.05) is 66.9 Å². The molecule has 5 aromatic rings. The Hall–Kier alpha value is -3.80. The lowest BCUT2D eigenvalue weighted by Crippen LogP contribution is -2.59. The molecule has 0 radical (unpaired) electrons. The van der Waals surface area contributed by atoms with Crippen LogP contribution in [0.5, 0.6) is 0 Å². The van der Waals surface area contributed by atoms with Gasteiger partial charge in [0.2, 0.25) is 0 Å². The highest BCUT2D eigenvalue weighted by Gasteiger charge is 2.40. The van der Waals surface area contributed by atoms with Crippen LogP contribution in [0, 0.1) is 5.82 Å². The second kappa shape index (κ2) is 9.21. The van der Waals surface area contributed by atoms with E-state index >= 15 is 0 Å². The van der Waals surface area contributed by atoms with E-state index in [9.17, 15) is 9.18 Å². The normalized spacial score (nSPS) is 12.5. The summed E-state index contributed by atoms with van der Waals surface area (Å²) in [6.45, 7) is 2.11. The van der Waals surface area contributed by atoms with Gasteiger partial charge in [0.1, 0.15) is 11.9 Å². The monoisotopic (exact) mass is 465 g/mol. The van der Waals surface area contributed by atoms with Gasteiger partial charge >= 0.3 is 0 Å². The quantitative estimate of drug-likeness (QED) is 0.250. The molecule has 3 nitrogen and oxygen atoms in total. The number of hydrogen-bond donors (Lipinski definition) is 1. The van der Waals surface area contributed by atoms with Gasteiger partial charge in [0.15, 0.2) is 5.78 Å². The summed E-state index contributed by atoms with van der Waals surface area (Å²) in [4.78, 5) is 17.2. The van der Waals surface area contributed by atoms with Crippen molar-refractivity contribution in [3.05, 3.63) is 132 Å². The van der Waals surface area contributed by atoms with Gasteiger partial charge in [-0.1, -0.05) is 91.0 Å². The molecule has 0 spiro atoms. The van der Waals surface area contributed by atoms with E-state index in [1.54, 1.807) is 12.1 Å². The minimum atomic E-state index is -2.85. The van der Waals surface area contributed by atoms with Crippen LogP contribution < -0.4 is 10.4 Å². The number of Topliss-reactive ketones (excluding diaryl/α,β-unsaturated/α-hetero) is 1. The number of nitrogens with one attached hydrogen (secondary N) is 1. The van der Waals surface area contributed by atoms with Crippen LogP contribution >= 0.6 is 0 Å². The molecule has 1 aromatic heterocycles. The van der Waals surface area contributed by atoms with Gasteiger partial charge in [-0.3, -0.25) is 4.79 Å². The van der Waals surface area contributed by atoms with Gasteiger partial charge in [-0.25, -0.2) is 4.39 Å². The van der Waals surface area contributed by atoms with Crippen molar-refractivity contribution in [3.63, 3.8) is 0 Å². The highest BCUT2D eigenvalue weighted by atomic mass is 28.4. The molecular weight excluding hydrogens is 441 g/mol. The van der Waals surface area contributed by atoms with Crippen molar-refractivity contribution >= 4 is 35.4 Å². The minimum Gasteiger partial charge on any atom is -0.394 e. The van der Waals surface area contributed by atoms with Gasteiger partial charge < -0.3 is 9.41 Å². The van der Waals surface area contributed by atoms with Gasteiger partial charge in [0, 0.05) is 17.3 Å². The van der Waals surface area contributed by atoms with Crippen molar-refractivity contribution in [2.75, 3.05) is 0 Å². The zero-order chi connectivity index (χ0) is 23.5. The predicted octanol–water partition coefficient (Wildman–Crippen LogP) is 5.64. The third-order valence-electron chi connectivity index (χ3n) is 6.25. The molecular formula is C29H24FNO2Si. The molecule has 0 aliphatic heterocycles. The Morgan fingerprint density at radius 1 is 0.824 bits per heavy atom. The van der Waals surface area contributed by atoms with Crippen LogP contribution in [0.1, 0.15) is 22.0 Å². The second-order valence-corrected chi connectivity index (χ2v) is 11.9. The van der Waals surface area contributed by atoms with Gasteiger partial charge in [0.05, 0.1) is 5.52 Å². The van der Waals surface area contributed by atoms with Crippen LogP contribution in [0.2, 0.25) is 6.55 Å². The third-order valence-corrected chi connectivity index (χ3v) is 9.83. The number of carbonyl (C=O) groups is 1. The number of aromatic amines is 1. The Morgan fingerprint density at radius 2 is 1.47 bits per heavy atom. The first-order chi connectivity index (χ1) is 16.6. The molecule has 0 bridgehead atoms. The first-order valence-electron chi connectivity index (χ1n) is 11.2. The van der Waals surface area contributed by atoms with E-state index in [2.05, 4.69) is 35.8 Å². The highest BCUT2D eigenvalue weighted by molar-refractivity contribution is 6.96. The van der Waals surface area contributed by atoms with Gasteiger partial charge in [-0.2, -0.15) is 0 Å². The predicted molar refractivity (Wildman–Crippen MR) is 137 cm³/mol. The standard InChI is InChI=1S/C29H24FNO2Si/c1-34(24-13-4-2-5-14-24,25-15-6-3-7-16-25)33-29(28(32)22-11-8-12-23(30)20-22)26-17-9-10-21-18-19-31-27(21)26/h2-20,29,31H,1H3/t29-/m0/s1. The molecule has 168 valence electrons. The molecule has 0 amide bonds. The summed E-state index contributed by atoms with van der Waals surface area (Å²) in [5.41, 5.74) is 1.86. The molecule has 5 heteroatoms. The maximum absolute atomic E-state index is 14.1. The summed E-state index contributed by atoms with van der Waals surface area (Å²) in [5.74, 6) is -0.721. The molecule has 0 saturated carbocycles. The maximum atomic E-state index is 14.1. The van der Waals surface area contributed by atoms with Crippen LogP contribution in [-0.4, -0.2) is 19.1 Å². The van der Waals surface area contributed by atoms with Gasteiger partial charge in [0.25, 0.3) is 8.32 Å². The van der Waals surface area contributed by atoms with E-state index in [0.717, 1.165) is 26.8 Å². The van der Waals surface area contributed by atoms with Gasteiger partial charge in [-0.05, 0) is 40.5 Å². The van der Waals surface area contributed by atoms with Crippen LogP contribution in [0.3, 0.4) is 0 Å². The molecule has 34 heavy (non-hydrogen) atoms. The number of halogens is 1. The summed E-state index contributed by atoms with van der Waals surface area (Å²) in [7, 11) is -2.85. The molecule has 0 aliphatic carbocycles. The van der Waals surface area contributed by atoms with Crippen molar-refractivity contribution in [2.24, 2.45) is 0 Å². The number of hydrogen-bond acceptors (Lipinski definition) is 2. The number of aromatic nitrogens is 1. The molecule has 4 aromatic carbocycles. The summed E-state index contributed by atoms with van der Waals surface area (Å²) in [6.07, 6.45) is 0.935. The number of fused-ring (bicyclic) bond motifs is 1. The fourth-order valence-corrected chi connectivity index (χ4v) is 7.40. The maximum Gasteiger partial charge on any atom is 0.254 e. The van der Waals surface area contributed by atoms with Crippen LogP contribution in [0.25, 0.3) is 10.9 Å². The number of H-pyrrole nitrogens is 1. The Balaban J connectivity index is 1.69. The van der Waals surface area contributed by atoms with E-state index in [1.165, 1.54) is 12.1 Å². The number of ketones is 1. The summed E-state index contributed by atoms with van der Waals surface area (Å²) in [5, 5.41) is 3.09. The lowest BCUT2D eigenvalue weighted by atomic mass is 9.98. The average Bonchev–Trinajstić information content (AvgIpc) is 3.37. The van der Waals surface area contributed by atoms with E-state index in [-0.39, 0.29) is 11.3 Å². The Bertz CT molecular complexity index is 1390. The zero-order valence-electron chi connectivity index (χ0n) is 18.7. The molecule has 5 rings (SSSR count). The van der Waals surface area contributed by atoms with E-state index in [0.29, 0.717) is 0 Å². The van der Waals surface area contributed by atoms with Crippen LogP contribution in [-0.2, 0) is 4.43 Å². The van der Waals surface area contributed by atoms with E-state index in [4.69, 9.17) is 4.43 Å². The number of rotatable bonds is 7. The summed E-state index contributed by atoms with van der Waals surface area (Å²) >= 11 is 0. The Labute approximate surface area is 199 Å². The largest absolute Gasteiger partial charge is 0.394 e. The number of carbonyl (C=O) groups excluding carboxylic acids is 1. The molecule has 0 fully saturated rings. The lowest BCUT2D eigenvalue weighted by Gasteiger charge is -2.33. The lowest BCUT2D eigenvalue weighted by molar-refractivity contribution is 0.0787. The smallest absolute Gasteiger partial charge is 0.254 e. The summed E-state index contributed by atoms with van der Waals surface area (Å²) in [6, 6.07) is 33.7. The van der Waals surface area contributed by atoms with Crippen molar-refractivity contribution in [1.82, 2.24) is 4.98 Å². The second-order valence-electron chi connectivity index (χ2n) is 8.43. The first-order valence-corrected chi connectivity index (χ1v) is 13.6. The topological polar surface area (TPSA) is 42.1 Å². The number of para-hydroxylation sites is 1. The average molecular weight is 466 g/mol. The fourth-order valence-electron chi connectivity index (χ4n) is 4.43. The van der Waals surface area contributed by atoms with Crippen molar-refractivity contribution < 1.29 is 13.6 Å². The molecule has 1 atom stereocenters. The van der Waals surface area contributed by atoms with Crippen molar-refractivity contribution in [2.45, 2.75) is 12.7 Å². The molecule has 1 heterocycles. The molecule has 0 unspecified atom stereocenters. The van der Waals surface area contributed by atoms with Crippen molar-refractivity contribution in [3.8, 4) is 0 Å². The zero-order valence-corrected chi connectivity index (χ0v) is 19.7. The summed E-state index contributed by atoms with van der Waals surface area (Å²) < 4.78 is 21.1. The SMILES string of the molecule is C[Si](O[C@H](C(=O)c1cccc(F)c1)c1cccc2cc[nH]c12)(c1ccccc1)c1ccccc1. The Morgan fingerprint density at radius 3 is 2.12 bits per heavy atom. The highest BCUT2D eigenvalue weighted by Crippen LogP contribution is 2.31. The molecule has 1 N–H and O–H groups in total.